The highest BCUT2D eigenvalue weighted by Gasteiger charge is 2.52. The van der Waals surface area contributed by atoms with Crippen LogP contribution in [-0.2, 0) is 32.5 Å². The van der Waals surface area contributed by atoms with Crippen molar-refractivity contribution in [2.24, 2.45) is 0 Å². The topological polar surface area (TPSA) is 22.9 Å². The van der Waals surface area contributed by atoms with Gasteiger partial charge >= 0.3 is 0 Å². The van der Waals surface area contributed by atoms with Crippen molar-refractivity contribution in [3.05, 3.63) is 226 Å². The zero-order valence-corrected chi connectivity index (χ0v) is 53.3. The Morgan fingerprint density at radius 3 is 1.43 bits per heavy atom. The van der Waals surface area contributed by atoms with Crippen LogP contribution in [0.1, 0.15) is 165 Å². The molecule has 2 bridgehead atoms. The van der Waals surface area contributed by atoms with Crippen LogP contribution >= 0.6 is 0 Å². The summed E-state index contributed by atoms with van der Waals surface area (Å²) in [6.07, 6.45) is 9.46. The first-order valence-electron chi connectivity index (χ1n) is 32.5. The summed E-state index contributed by atoms with van der Waals surface area (Å²) < 4.78 is 7.88. The molecular formula is C82H82BN3O. The molecule has 87 heavy (non-hydrogen) atoms. The second kappa shape index (κ2) is 18.8. The Morgan fingerprint density at radius 2 is 0.851 bits per heavy atom. The van der Waals surface area contributed by atoms with Crippen LogP contribution < -0.4 is 31.1 Å². The molecule has 7 aliphatic rings. The minimum atomic E-state index is -0.124. The number of aryl methyl sites for hydroxylation is 2. The molecule has 5 aliphatic carbocycles. The van der Waals surface area contributed by atoms with Crippen molar-refractivity contribution in [1.82, 2.24) is 0 Å². The number of benzene rings is 9. The normalized spacial score (nSPS) is 21.1. The Morgan fingerprint density at radius 1 is 0.379 bits per heavy atom. The number of hydrogen-bond acceptors (Lipinski definition) is 4. The van der Waals surface area contributed by atoms with Gasteiger partial charge in [0, 0.05) is 50.7 Å². The highest BCUT2D eigenvalue weighted by Crippen LogP contribution is 2.59. The summed E-state index contributed by atoms with van der Waals surface area (Å²) in [7, 11) is 0. The van der Waals surface area contributed by atoms with Crippen molar-refractivity contribution in [2.75, 3.05) is 14.7 Å². The Balaban J connectivity index is 1.03. The SMILES string of the molecule is Cc1cc(-c2ccccc2)cc(C)c1N1c2cc3c(cc2B2c4c(cc(-c5ccc(N(c6ccccc6)c6ccccc6)cc5)cc41)N(c1ccc4c(c1)C(C)(C)CCC4(C)C)c1oc4cc5c(cc4c12)C1(C)CCC5(C)CC1)C(C)(C)CCC3(C)C. The molecule has 1 fully saturated rings. The molecule has 17 rings (SSSR count). The first-order valence-corrected chi connectivity index (χ1v) is 32.5. The molecular weight excluding hydrogens is 1050 g/mol. The fourth-order valence-corrected chi connectivity index (χ4v) is 17.4. The minimum Gasteiger partial charge on any atom is -0.440 e. The van der Waals surface area contributed by atoms with Crippen LogP contribution in [0, 0.1) is 13.8 Å². The molecule has 434 valence electrons. The highest BCUT2D eigenvalue weighted by molar-refractivity contribution is 7.01. The van der Waals surface area contributed by atoms with Crippen LogP contribution in [0.25, 0.3) is 33.2 Å². The van der Waals surface area contributed by atoms with Gasteiger partial charge in [0.2, 0.25) is 5.88 Å². The van der Waals surface area contributed by atoms with Gasteiger partial charge in [0.15, 0.2) is 0 Å². The smallest absolute Gasteiger partial charge is 0.257 e. The Hall–Kier alpha value is -8.02. The van der Waals surface area contributed by atoms with Gasteiger partial charge in [-0.05, 0) is 266 Å². The molecule has 2 aliphatic heterocycles. The largest absolute Gasteiger partial charge is 0.440 e. The number of para-hydroxylation sites is 2. The van der Waals surface area contributed by atoms with Crippen molar-refractivity contribution in [3.63, 3.8) is 0 Å². The molecule has 0 N–H and O–H groups in total. The maximum atomic E-state index is 7.88. The van der Waals surface area contributed by atoms with E-state index in [4.69, 9.17) is 4.42 Å². The third-order valence-corrected chi connectivity index (χ3v) is 23.0. The van der Waals surface area contributed by atoms with Crippen LogP contribution in [0.2, 0.25) is 0 Å². The monoisotopic (exact) mass is 1140 g/mol. The maximum absolute atomic E-state index is 7.88. The molecule has 0 atom stereocenters. The van der Waals surface area contributed by atoms with E-state index in [1.807, 2.05) is 0 Å². The Labute approximate surface area is 517 Å². The van der Waals surface area contributed by atoms with E-state index in [0.29, 0.717) is 0 Å². The van der Waals surface area contributed by atoms with Crippen molar-refractivity contribution in [2.45, 2.75) is 167 Å². The predicted molar refractivity (Wildman–Crippen MR) is 369 cm³/mol. The third-order valence-electron chi connectivity index (χ3n) is 23.0. The second-order valence-electron chi connectivity index (χ2n) is 30.5. The van der Waals surface area contributed by atoms with Crippen LogP contribution in [0.15, 0.2) is 186 Å². The lowest BCUT2D eigenvalue weighted by Crippen LogP contribution is -2.61. The average Bonchev–Trinajstić information content (AvgIpc) is 1.69. The van der Waals surface area contributed by atoms with Gasteiger partial charge in [-0.3, -0.25) is 4.90 Å². The standard InChI is InChI=1S/C82H82BN3O/c1-51-42-55(53-22-16-13-17-23-53)43-52(2)75(51)86-69-49-65-64(79(7,8)36-37-80(65,9)10)48-68(69)83-73-61-47-66-67(82(12)40-38-81(66,11)39-41-82)50-72(61)87-76(73)85(60-32-33-62-63(46-60)78(5,6)35-34-77(62,3)4)70-44-56(45-71(86)74(70)83)54-28-30-59(31-29-54)84(57-24-18-14-19-25-57)58-26-20-15-21-27-58/h13-33,42-50H,34-41H2,1-12H3. The summed E-state index contributed by atoms with van der Waals surface area (Å²) in [5, 5.41) is 1.27. The molecule has 4 nitrogen and oxygen atoms in total. The van der Waals surface area contributed by atoms with E-state index >= 15 is 0 Å². The second-order valence-corrected chi connectivity index (χ2v) is 30.5. The molecule has 3 heterocycles. The zero-order chi connectivity index (χ0) is 59.9. The molecule has 0 saturated heterocycles. The summed E-state index contributed by atoms with van der Waals surface area (Å²) in [5.74, 6) is 0.955. The Bertz CT molecular complexity index is 4400. The van der Waals surface area contributed by atoms with Crippen LogP contribution in [0.4, 0.5) is 51.4 Å². The molecule has 1 aromatic heterocycles. The van der Waals surface area contributed by atoms with Crippen LogP contribution in [0.3, 0.4) is 0 Å². The maximum Gasteiger partial charge on any atom is 0.257 e. The van der Waals surface area contributed by atoms with E-state index < -0.39 is 0 Å². The van der Waals surface area contributed by atoms with E-state index in [-0.39, 0.29) is 39.2 Å². The first kappa shape index (κ1) is 54.4. The van der Waals surface area contributed by atoms with Gasteiger partial charge in [-0.2, -0.15) is 0 Å². The van der Waals surface area contributed by atoms with Crippen molar-refractivity contribution in [3.8, 4) is 22.3 Å². The van der Waals surface area contributed by atoms with E-state index in [0.717, 1.165) is 65.5 Å². The summed E-state index contributed by atoms with van der Waals surface area (Å²) in [6.45, 7) is 29.5. The molecule has 5 heteroatoms. The quantitative estimate of drug-likeness (QED) is 0.148. The van der Waals surface area contributed by atoms with Crippen LogP contribution in [-0.4, -0.2) is 6.71 Å². The lowest BCUT2D eigenvalue weighted by Gasteiger charge is -2.52. The first-order chi connectivity index (χ1) is 41.6. The molecule has 0 amide bonds. The van der Waals surface area contributed by atoms with Gasteiger partial charge in [0.25, 0.3) is 6.71 Å². The van der Waals surface area contributed by atoms with Crippen molar-refractivity contribution < 1.29 is 4.42 Å². The fourth-order valence-electron chi connectivity index (χ4n) is 17.4. The molecule has 1 saturated carbocycles. The lowest BCUT2D eigenvalue weighted by molar-refractivity contribution is 0.188. The van der Waals surface area contributed by atoms with Crippen molar-refractivity contribution >= 4 is 85.5 Å². The van der Waals surface area contributed by atoms with Gasteiger partial charge in [-0.25, -0.2) is 0 Å². The Kier molecular flexibility index (Phi) is 11.7. The van der Waals surface area contributed by atoms with Gasteiger partial charge < -0.3 is 14.2 Å². The van der Waals surface area contributed by atoms with Gasteiger partial charge in [0.1, 0.15) is 5.58 Å². The number of nitrogens with zero attached hydrogens (tertiary/aromatic N) is 3. The summed E-state index contributed by atoms with van der Waals surface area (Å²) >= 11 is 0. The number of rotatable bonds is 7. The van der Waals surface area contributed by atoms with Gasteiger partial charge in [-0.1, -0.05) is 160 Å². The number of fused-ring (bicyclic) bond motifs is 10. The zero-order valence-electron chi connectivity index (χ0n) is 53.3. The molecule has 10 aromatic rings. The minimum absolute atomic E-state index is 0.00804. The predicted octanol–water partition coefficient (Wildman–Crippen LogP) is 20.7. The van der Waals surface area contributed by atoms with E-state index in [9.17, 15) is 0 Å². The molecule has 0 spiro atoms. The van der Waals surface area contributed by atoms with Crippen LogP contribution in [0.5, 0.6) is 0 Å². The number of furan rings is 1. The highest BCUT2D eigenvalue weighted by atomic mass is 16.4. The van der Waals surface area contributed by atoms with Gasteiger partial charge in [0.05, 0.1) is 5.69 Å². The average molecular weight is 1140 g/mol. The molecule has 0 unspecified atom stereocenters. The summed E-state index contributed by atoms with van der Waals surface area (Å²) in [5.41, 5.74) is 31.0. The third kappa shape index (κ3) is 8.15. The van der Waals surface area contributed by atoms with E-state index in [1.165, 1.54) is 126 Å². The summed E-state index contributed by atoms with van der Waals surface area (Å²) in [4.78, 5) is 7.70. The molecule has 0 radical (unpaired) electrons. The number of hydrogen-bond donors (Lipinski definition) is 0. The van der Waals surface area contributed by atoms with Gasteiger partial charge in [-0.15, -0.1) is 0 Å². The van der Waals surface area contributed by atoms with E-state index in [2.05, 4.69) is 280 Å². The summed E-state index contributed by atoms with van der Waals surface area (Å²) in [6, 6.07) is 69.9. The fraction of sp³-hybridized carbons (Fsp3) is 0.317. The van der Waals surface area contributed by atoms with E-state index in [1.54, 1.807) is 5.56 Å². The lowest BCUT2D eigenvalue weighted by atomic mass is 9.33. The number of anilines is 9. The van der Waals surface area contributed by atoms with Crippen molar-refractivity contribution in [1.29, 1.82) is 0 Å². The molecule has 9 aromatic carbocycles.